The van der Waals surface area contributed by atoms with Gasteiger partial charge in [0.05, 0.1) is 4.90 Å². The fraction of sp³-hybridized carbons (Fsp3) is 0.571. The number of nitrogens with zero attached hydrogens (tertiary/aromatic N) is 1. The second-order valence-electron chi connectivity index (χ2n) is 4.96. The highest BCUT2D eigenvalue weighted by atomic mass is 32.2. The monoisotopic (exact) mass is 284 g/mol. The van der Waals surface area contributed by atoms with E-state index >= 15 is 0 Å². The lowest BCUT2D eigenvalue weighted by molar-refractivity contribution is 0.261. The molecule has 0 aromatic heterocycles. The Morgan fingerprint density at radius 2 is 1.84 bits per heavy atom. The Labute approximate surface area is 116 Å². The van der Waals surface area contributed by atoms with Gasteiger partial charge in [-0.15, -0.1) is 0 Å². The van der Waals surface area contributed by atoms with Crippen LogP contribution in [0.5, 0.6) is 0 Å². The quantitative estimate of drug-likeness (QED) is 0.834. The molecule has 0 spiro atoms. The molecule has 0 fully saturated rings. The van der Waals surface area contributed by atoms with Crippen molar-refractivity contribution in [2.45, 2.75) is 31.2 Å². The minimum absolute atomic E-state index is 0.356. The van der Waals surface area contributed by atoms with Crippen LogP contribution in [0.15, 0.2) is 29.2 Å². The highest BCUT2D eigenvalue weighted by molar-refractivity contribution is 7.90. The first-order valence-electron chi connectivity index (χ1n) is 6.58. The number of sulfone groups is 1. The van der Waals surface area contributed by atoms with Gasteiger partial charge in [0.15, 0.2) is 9.84 Å². The second kappa shape index (κ2) is 6.91. The Balaban J connectivity index is 2.47. The maximum Gasteiger partial charge on any atom is 0.175 e. The van der Waals surface area contributed by atoms with Gasteiger partial charge in [-0.3, -0.25) is 0 Å². The average molecular weight is 284 g/mol. The van der Waals surface area contributed by atoms with Crippen molar-refractivity contribution in [1.82, 2.24) is 4.90 Å². The van der Waals surface area contributed by atoms with Crippen LogP contribution in [0.4, 0.5) is 5.69 Å². The molecule has 0 aliphatic carbocycles. The normalized spacial score (nSPS) is 13.5. The van der Waals surface area contributed by atoms with Crippen LogP contribution in [0.2, 0.25) is 0 Å². The second-order valence-corrected chi connectivity index (χ2v) is 6.98. The molecule has 1 unspecified atom stereocenters. The van der Waals surface area contributed by atoms with Crippen LogP contribution < -0.4 is 5.32 Å². The zero-order chi connectivity index (χ0) is 14.5. The Morgan fingerprint density at radius 1 is 1.26 bits per heavy atom. The topological polar surface area (TPSA) is 49.4 Å². The summed E-state index contributed by atoms with van der Waals surface area (Å²) in [5.74, 6) is 0. The first kappa shape index (κ1) is 16.0. The van der Waals surface area contributed by atoms with Gasteiger partial charge in [-0.05, 0) is 44.7 Å². The van der Waals surface area contributed by atoms with E-state index in [0.29, 0.717) is 10.9 Å². The number of rotatable bonds is 7. The highest BCUT2D eigenvalue weighted by Crippen LogP contribution is 2.13. The molecule has 0 aliphatic heterocycles. The number of likely N-dealkylation sites (N-methyl/N-ethyl adjacent to an activating group) is 1. The molecule has 1 aromatic rings. The third-order valence-corrected chi connectivity index (χ3v) is 4.55. The molecule has 1 N–H and O–H groups in total. The smallest absolute Gasteiger partial charge is 0.175 e. The van der Waals surface area contributed by atoms with E-state index in [1.54, 1.807) is 24.3 Å². The van der Waals surface area contributed by atoms with Crippen molar-refractivity contribution in [2.24, 2.45) is 0 Å². The first-order chi connectivity index (χ1) is 8.84. The Hall–Kier alpha value is -1.07. The summed E-state index contributed by atoms with van der Waals surface area (Å²) in [7, 11) is -0.990. The van der Waals surface area contributed by atoms with Gasteiger partial charge in [-0.25, -0.2) is 8.42 Å². The molecule has 0 radical (unpaired) electrons. The molecular formula is C14H24N2O2S. The molecule has 1 aromatic carbocycles. The van der Waals surface area contributed by atoms with Gasteiger partial charge in [0.1, 0.15) is 0 Å². The van der Waals surface area contributed by atoms with E-state index in [4.69, 9.17) is 0 Å². The largest absolute Gasteiger partial charge is 0.384 e. The molecule has 5 heteroatoms. The summed E-state index contributed by atoms with van der Waals surface area (Å²) in [6.07, 6.45) is 2.36. The van der Waals surface area contributed by atoms with Gasteiger partial charge < -0.3 is 10.2 Å². The van der Waals surface area contributed by atoms with Crippen LogP contribution in [0, 0.1) is 0 Å². The maximum atomic E-state index is 11.3. The van der Waals surface area contributed by atoms with Crippen molar-refractivity contribution in [3.8, 4) is 0 Å². The number of hydrogen-bond donors (Lipinski definition) is 1. The fourth-order valence-corrected chi connectivity index (χ4v) is 2.36. The molecule has 19 heavy (non-hydrogen) atoms. The summed E-state index contributed by atoms with van der Waals surface area (Å²) in [5.41, 5.74) is 0.949. The molecule has 0 saturated carbocycles. The van der Waals surface area contributed by atoms with E-state index in [2.05, 4.69) is 31.1 Å². The third kappa shape index (κ3) is 5.20. The molecule has 0 amide bonds. The van der Waals surface area contributed by atoms with Gasteiger partial charge in [-0.1, -0.05) is 6.92 Å². The molecule has 1 atom stereocenters. The molecule has 1 rings (SSSR count). The Morgan fingerprint density at radius 3 is 2.32 bits per heavy atom. The van der Waals surface area contributed by atoms with Gasteiger partial charge in [0, 0.05) is 31.1 Å². The predicted octanol–water partition coefficient (Wildman–Crippen LogP) is 2.23. The lowest BCUT2D eigenvalue weighted by Gasteiger charge is -2.23. The van der Waals surface area contributed by atoms with Crippen LogP contribution in [-0.4, -0.2) is 45.8 Å². The molecular weight excluding hydrogens is 260 g/mol. The lowest BCUT2D eigenvalue weighted by atomic mass is 10.2. The molecule has 0 bridgehead atoms. The summed E-state index contributed by atoms with van der Waals surface area (Å²) in [5, 5.41) is 3.30. The van der Waals surface area contributed by atoms with E-state index in [1.807, 2.05) is 0 Å². The van der Waals surface area contributed by atoms with Crippen molar-refractivity contribution in [1.29, 1.82) is 0 Å². The van der Waals surface area contributed by atoms with Crippen molar-refractivity contribution in [2.75, 3.05) is 31.7 Å². The summed E-state index contributed by atoms with van der Waals surface area (Å²) in [4.78, 5) is 2.66. The zero-order valence-corrected chi connectivity index (χ0v) is 13.0. The van der Waals surface area contributed by atoms with Crippen LogP contribution in [0.1, 0.15) is 20.3 Å². The fourth-order valence-electron chi connectivity index (χ4n) is 1.73. The highest BCUT2D eigenvalue weighted by Gasteiger charge is 2.07. The van der Waals surface area contributed by atoms with Crippen molar-refractivity contribution < 1.29 is 8.42 Å². The number of benzene rings is 1. The van der Waals surface area contributed by atoms with E-state index in [9.17, 15) is 8.42 Å². The summed E-state index contributed by atoms with van der Waals surface area (Å²) < 4.78 is 22.7. The van der Waals surface area contributed by atoms with E-state index in [-0.39, 0.29) is 0 Å². The van der Waals surface area contributed by atoms with Gasteiger partial charge in [-0.2, -0.15) is 0 Å². The minimum atomic E-state index is -3.10. The predicted molar refractivity (Wildman–Crippen MR) is 80.4 cm³/mol. The summed E-state index contributed by atoms with van der Waals surface area (Å²) >= 11 is 0. The molecule has 0 aliphatic rings. The van der Waals surface area contributed by atoms with Crippen molar-refractivity contribution in [3.05, 3.63) is 24.3 Å². The average Bonchev–Trinajstić information content (AvgIpc) is 2.37. The Bertz CT molecular complexity index is 483. The standard InChI is InChI=1S/C14H24N2O2S/c1-5-12(2)16(3)11-10-15-13-6-8-14(9-7-13)19(4,17)18/h6-9,12,15H,5,10-11H2,1-4H3. The van der Waals surface area contributed by atoms with Crippen LogP contribution in [-0.2, 0) is 9.84 Å². The van der Waals surface area contributed by atoms with Crippen molar-refractivity contribution in [3.63, 3.8) is 0 Å². The third-order valence-electron chi connectivity index (χ3n) is 3.42. The molecule has 4 nitrogen and oxygen atoms in total. The number of anilines is 1. The number of nitrogens with one attached hydrogen (secondary N) is 1. The SMILES string of the molecule is CCC(C)N(C)CCNc1ccc(S(C)(=O)=O)cc1. The number of hydrogen-bond acceptors (Lipinski definition) is 4. The van der Waals surface area contributed by atoms with Crippen molar-refractivity contribution >= 4 is 15.5 Å². The van der Waals surface area contributed by atoms with Crippen LogP contribution in [0.25, 0.3) is 0 Å². The zero-order valence-electron chi connectivity index (χ0n) is 12.2. The molecule has 108 valence electrons. The van der Waals surface area contributed by atoms with Crippen LogP contribution >= 0.6 is 0 Å². The molecule has 0 heterocycles. The lowest BCUT2D eigenvalue weighted by Crippen LogP contribution is -2.32. The van der Waals surface area contributed by atoms with Gasteiger partial charge >= 0.3 is 0 Å². The Kier molecular flexibility index (Phi) is 5.82. The van der Waals surface area contributed by atoms with Crippen LogP contribution in [0.3, 0.4) is 0 Å². The maximum absolute atomic E-state index is 11.3. The van der Waals surface area contributed by atoms with E-state index in [1.165, 1.54) is 6.26 Å². The van der Waals surface area contributed by atoms with E-state index in [0.717, 1.165) is 25.2 Å². The van der Waals surface area contributed by atoms with Gasteiger partial charge in [0.25, 0.3) is 0 Å². The summed E-state index contributed by atoms with van der Waals surface area (Å²) in [6, 6.07) is 7.46. The van der Waals surface area contributed by atoms with E-state index < -0.39 is 9.84 Å². The summed E-state index contributed by atoms with van der Waals surface area (Å²) in [6.45, 7) is 6.20. The molecule has 0 saturated heterocycles. The van der Waals surface area contributed by atoms with Gasteiger partial charge in [0.2, 0.25) is 0 Å². The first-order valence-corrected chi connectivity index (χ1v) is 8.48. The minimum Gasteiger partial charge on any atom is -0.384 e.